The van der Waals surface area contributed by atoms with Crippen molar-refractivity contribution in [3.8, 4) is 0 Å². The average molecular weight is 313 g/mol. The molecule has 0 bridgehead atoms. The second-order valence-electron chi connectivity index (χ2n) is 5.57. The van der Waals surface area contributed by atoms with Gasteiger partial charge in [-0.2, -0.15) is 0 Å². The van der Waals surface area contributed by atoms with Crippen LogP contribution in [0.25, 0.3) is 0 Å². The van der Waals surface area contributed by atoms with E-state index in [-0.39, 0.29) is 11.1 Å². The maximum absolute atomic E-state index is 12.7. The van der Waals surface area contributed by atoms with Crippen LogP contribution in [-0.4, -0.2) is 38.2 Å². The van der Waals surface area contributed by atoms with Crippen LogP contribution in [0, 0.1) is 0 Å². The largest absolute Gasteiger partial charge is 0.383 e. The smallest absolute Gasteiger partial charge is 0.260 e. The van der Waals surface area contributed by atoms with E-state index in [0.29, 0.717) is 25.3 Å². The van der Waals surface area contributed by atoms with Crippen molar-refractivity contribution in [2.75, 3.05) is 18.5 Å². The molecule has 1 aliphatic rings. The Bertz CT molecular complexity index is 591. The Morgan fingerprint density at radius 1 is 1.52 bits per heavy atom. The minimum absolute atomic E-state index is 0.0405. The number of nitrogens with one attached hydrogen (secondary N) is 2. The van der Waals surface area contributed by atoms with Crippen molar-refractivity contribution in [3.63, 3.8) is 0 Å². The monoisotopic (exact) mass is 313 g/mol. The molecule has 2 N–H and O–H groups in total. The fraction of sp³-hybridized carbons (Fsp3) is 0.643. The fourth-order valence-corrected chi connectivity index (χ4v) is 3.93. The predicted molar refractivity (Wildman–Crippen MR) is 81.8 cm³/mol. The van der Waals surface area contributed by atoms with Crippen LogP contribution >= 0.6 is 0 Å². The van der Waals surface area contributed by atoms with Crippen molar-refractivity contribution in [1.29, 1.82) is 0 Å². The third-order valence-electron chi connectivity index (χ3n) is 3.85. The summed E-state index contributed by atoms with van der Waals surface area (Å²) >= 11 is 0. The molecule has 1 fully saturated rings. The lowest BCUT2D eigenvalue weighted by molar-refractivity contribution is 0.0957. The molecule has 2 rings (SSSR count). The van der Waals surface area contributed by atoms with Gasteiger partial charge in [0.05, 0.1) is 17.3 Å². The summed E-state index contributed by atoms with van der Waals surface area (Å²) in [6.07, 6.45) is 2.88. The molecule has 6 nitrogen and oxygen atoms in total. The molecule has 7 heteroatoms. The summed E-state index contributed by atoms with van der Waals surface area (Å²) in [6, 6.07) is 3.45. The lowest BCUT2D eigenvalue weighted by Crippen LogP contribution is -2.50. The Labute approximate surface area is 126 Å². The highest BCUT2D eigenvalue weighted by molar-refractivity contribution is 7.89. The molecule has 2 atom stereocenters. The Morgan fingerprint density at radius 2 is 2.29 bits per heavy atom. The Balaban J connectivity index is 2.27. The maximum Gasteiger partial charge on any atom is 0.260 e. The molecule has 0 aliphatic carbocycles. The molecule has 118 valence electrons. The fourth-order valence-electron chi connectivity index (χ4n) is 2.32. The molecule has 0 aromatic carbocycles. The van der Waals surface area contributed by atoms with E-state index >= 15 is 0 Å². The summed E-state index contributed by atoms with van der Waals surface area (Å²) in [6.45, 7) is 7.03. The molecule has 0 radical (unpaired) electrons. The van der Waals surface area contributed by atoms with Gasteiger partial charge >= 0.3 is 0 Å². The van der Waals surface area contributed by atoms with Crippen molar-refractivity contribution in [3.05, 3.63) is 18.3 Å². The second-order valence-corrected chi connectivity index (χ2v) is 7.17. The van der Waals surface area contributed by atoms with Gasteiger partial charge in [0.25, 0.3) is 10.0 Å². The Morgan fingerprint density at radius 3 is 2.90 bits per heavy atom. The zero-order chi connectivity index (χ0) is 15.5. The first-order chi connectivity index (χ1) is 9.89. The van der Waals surface area contributed by atoms with Gasteiger partial charge in [-0.1, -0.05) is 6.92 Å². The maximum atomic E-state index is 12.7. The number of pyridine rings is 1. The van der Waals surface area contributed by atoms with E-state index in [4.69, 9.17) is 4.74 Å². The highest BCUT2D eigenvalue weighted by atomic mass is 32.2. The van der Waals surface area contributed by atoms with Gasteiger partial charge in [0, 0.05) is 19.3 Å². The predicted octanol–water partition coefficient (Wildman–Crippen LogP) is 1.75. The minimum atomic E-state index is -3.70. The van der Waals surface area contributed by atoms with Crippen LogP contribution < -0.4 is 10.0 Å². The van der Waals surface area contributed by atoms with E-state index in [2.05, 4.69) is 15.0 Å². The highest BCUT2D eigenvalue weighted by Crippen LogP contribution is 2.28. The number of nitrogens with zero attached hydrogens (tertiary/aromatic N) is 1. The summed E-state index contributed by atoms with van der Waals surface area (Å²) < 4.78 is 33.5. The molecule has 1 aromatic heterocycles. The molecule has 2 heterocycles. The van der Waals surface area contributed by atoms with E-state index in [1.165, 1.54) is 6.20 Å². The van der Waals surface area contributed by atoms with Crippen LogP contribution in [0.4, 0.5) is 5.69 Å². The van der Waals surface area contributed by atoms with Crippen LogP contribution in [0.2, 0.25) is 0 Å². The standard InChI is InChI=1S/C14H23N3O3S/c1-4-8-15-12-6-5-9-16-13(12)21(18,19)17-14(3)7-10-20-11(14)2/h5-6,9,11,15,17H,4,7-8,10H2,1-3H3. The number of sulfonamides is 1. The van der Waals surface area contributed by atoms with Gasteiger partial charge in [0.15, 0.2) is 5.03 Å². The summed E-state index contributed by atoms with van der Waals surface area (Å²) in [5.41, 5.74) is -0.0692. The van der Waals surface area contributed by atoms with E-state index in [1.54, 1.807) is 12.1 Å². The van der Waals surface area contributed by atoms with Crippen LogP contribution in [0.5, 0.6) is 0 Å². The SMILES string of the molecule is CCCNc1cccnc1S(=O)(=O)NC1(C)CCOC1C. The van der Waals surface area contributed by atoms with Gasteiger partial charge in [0.2, 0.25) is 0 Å². The van der Waals surface area contributed by atoms with Crippen LogP contribution in [0.3, 0.4) is 0 Å². The summed E-state index contributed by atoms with van der Waals surface area (Å²) in [7, 11) is -3.70. The zero-order valence-electron chi connectivity index (χ0n) is 12.7. The molecule has 0 amide bonds. The molecule has 0 spiro atoms. The summed E-state index contributed by atoms with van der Waals surface area (Å²) in [5.74, 6) is 0. The van der Waals surface area contributed by atoms with Gasteiger partial charge in [-0.05, 0) is 38.8 Å². The van der Waals surface area contributed by atoms with E-state index in [0.717, 1.165) is 6.42 Å². The van der Waals surface area contributed by atoms with E-state index in [9.17, 15) is 8.42 Å². The highest BCUT2D eigenvalue weighted by Gasteiger charge is 2.41. The molecular weight excluding hydrogens is 290 g/mol. The Kier molecular flexibility index (Phi) is 4.85. The number of hydrogen-bond donors (Lipinski definition) is 2. The summed E-state index contributed by atoms with van der Waals surface area (Å²) in [4.78, 5) is 4.05. The third-order valence-corrected chi connectivity index (χ3v) is 5.41. The van der Waals surface area contributed by atoms with Crippen LogP contribution in [0.1, 0.15) is 33.6 Å². The molecule has 0 saturated carbocycles. The van der Waals surface area contributed by atoms with E-state index < -0.39 is 15.6 Å². The number of ether oxygens (including phenoxy) is 1. The average Bonchev–Trinajstić information content (AvgIpc) is 2.75. The normalized spacial score (nSPS) is 26.0. The van der Waals surface area contributed by atoms with Gasteiger partial charge < -0.3 is 10.1 Å². The lowest BCUT2D eigenvalue weighted by atomic mass is 9.97. The van der Waals surface area contributed by atoms with Gasteiger partial charge in [-0.15, -0.1) is 0 Å². The van der Waals surface area contributed by atoms with Crippen molar-refractivity contribution in [2.45, 2.75) is 50.3 Å². The first-order valence-corrected chi connectivity index (χ1v) is 8.72. The van der Waals surface area contributed by atoms with Gasteiger partial charge in [-0.25, -0.2) is 18.1 Å². The first-order valence-electron chi connectivity index (χ1n) is 7.23. The van der Waals surface area contributed by atoms with Crippen LogP contribution in [-0.2, 0) is 14.8 Å². The van der Waals surface area contributed by atoms with E-state index in [1.807, 2.05) is 20.8 Å². The molecule has 1 saturated heterocycles. The molecule has 21 heavy (non-hydrogen) atoms. The zero-order valence-corrected chi connectivity index (χ0v) is 13.5. The van der Waals surface area contributed by atoms with Crippen molar-refractivity contribution < 1.29 is 13.2 Å². The first kappa shape index (κ1) is 16.2. The summed E-state index contributed by atoms with van der Waals surface area (Å²) in [5, 5.41) is 3.15. The minimum Gasteiger partial charge on any atom is -0.383 e. The quantitative estimate of drug-likeness (QED) is 0.836. The molecule has 1 aromatic rings. The number of hydrogen-bond acceptors (Lipinski definition) is 5. The number of anilines is 1. The topological polar surface area (TPSA) is 80.3 Å². The van der Waals surface area contributed by atoms with Crippen LogP contribution in [0.15, 0.2) is 23.4 Å². The third kappa shape index (κ3) is 3.53. The lowest BCUT2D eigenvalue weighted by Gasteiger charge is -2.28. The van der Waals surface area contributed by atoms with Crippen molar-refractivity contribution in [2.24, 2.45) is 0 Å². The van der Waals surface area contributed by atoms with Gasteiger partial charge in [-0.3, -0.25) is 0 Å². The van der Waals surface area contributed by atoms with Crippen molar-refractivity contribution >= 4 is 15.7 Å². The number of aromatic nitrogens is 1. The second kappa shape index (κ2) is 6.29. The Hall–Kier alpha value is -1.18. The molecular formula is C14H23N3O3S. The molecule has 1 aliphatic heterocycles. The van der Waals surface area contributed by atoms with Crippen molar-refractivity contribution in [1.82, 2.24) is 9.71 Å². The van der Waals surface area contributed by atoms with Gasteiger partial charge in [0.1, 0.15) is 0 Å². The number of rotatable bonds is 6. The molecule has 2 unspecified atom stereocenters.